The van der Waals surface area contributed by atoms with Gasteiger partial charge in [0.25, 0.3) is 10.0 Å². The second kappa shape index (κ2) is 8.38. The molecule has 1 aliphatic heterocycles. The van der Waals surface area contributed by atoms with E-state index in [1.807, 2.05) is 62.4 Å². The normalized spacial score (nSPS) is 19.5. The van der Waals surface area contributed by atoms with Crippen LogP contribution in [-0.2, 0) is 14.8 Å². The Morgan fingerprint density at radius 2 is 1.46 bits per heavy atom. The lowest BCUT2D eigenvalue weighted by atomic mass is 9.73. The average molecular weight is 487 g/mol. The third-order valence-electron chi connectivity index (χ3n) is 6.83. The van der Waals surface area contributed by atoms with Crippen molar-refractivity contribution in [3.8, 4) is 0 Å². The van der Waals surface area contributed by atoms with Crippen molar-refractivity contribution in [2.75, 3.05) is 9.62 Å². The molecule has 0 radical (unpaired) electrons. The van der Waals surface area contributed by atoms with Gasteiger partial charge in [-0.2, -0.15) is 0 Å². The number of ketones is 1. The topological polar surface area (TPSA) is 66.5 Å². The van der Waals surface area contributed by atoms with Gasteiger partial charge in [0.1, 0.15) is 6.04 Å². The van der Waals surface area contributed by atoms with Crippen LogP contribution in [0.25, 0.3) is 0 Å². The first-order chi connectivity index (χ1) is 16.6. The maximum absolute atomic E-state index is 14.3. The first-order valence-corrected chi connectivity index (χ1v) is 13.3. The van der Waals surface area contributed by atoms with E-state index in [2.05, 4.69) is 19.2 Å². The lowest BCUT2D eigenvalue weighted by molar-refractivity contribution is -0.118. The molecule has 5 nitrogen and oxygen atoms in total. The molecule has 0 saturated heterocycles. The van der Waals surface area contributed by atoms with Crippen molar-refractivity contribution in [2.45, 2.75) is 51.5 Å². The molecule has 0 fully saturated rings. The Morgan fingerprint density at radius 1 is 0.857 bits per heavy atom. The Hall–Kier alpha value is -3.38. The molecule has 6 heteroatoms. The van der Waals surface area contributed by atoms with Crippen LogP contribution < -0.4 is 9.62 Å². The summed E-state index contributed by atoms with van der Waals surface area (Å²) in [6, 6.07) is 21.3. The number of hydrogen-bond donors (Lipinski definition) is 1. The van der Waals surface area contributed by atoms with E-state index in [4.69, 9.17) is 0 Å². The maximum atomic E-state index is 14.3. The zero-order valence-electron chi connectivity index (χ0n) is 20.5. The molecule has 0 bridgehead atoms. The number of allylic oxidation sites excluding steroid dienone is 1. The quantitative estimate of drug-likeness (QED) is 0.471. The van der Waals surface area contributed by atoms with Gasteiger partial charge in [0.15, 0.2) is 5.78 Å². The summed E-state index contributed by atoms with van der Waals surface area (Å²) in [6.07, 6.45) is 1.02. The van der Waals surface area contributed by atoms with Crippen LogP contribution in [0, 0.1) is 19.3 Å². The number of rotatable bonds is 3. The maximum Gasteiger partial charge on any atom is 0.265 e. The molecule has 180 valence electrons. The summed E-state index contributed by atoms with van der Waals surface area (Å²) >= 11 is 0. The Kier molecular flexibility index (Phi) is 5.59. The van der Waals surface area contributed by atoms with Crippen LogP contribution in [0.3, 0.4) is 0 Å². The molecule has 2 aliphatic rings. The molecule has 35 heavy (non-hydrogen) atoms. The minimum Gasteiger partial charge on any atom is -0.357 e. The fourth-order valence-corrected chi connectivity index (χ4v) is 6.73. The van der Waals surface area contributed by atoms with Gasteiger partial charge in [-0.25, -0.2) is 8.42 Å². The molecule has 0 amide bonds. The Balaban J connectivity index is 1.83. The number of benzene rings is 3. The molecular weight excluding hydrogens is 456 g/mol. The summed E-state index contributed by atoms with van der Waals surface area (Å²) in [6.45, 7) is 8.08. The predicted molar refractivity (Wildman–Crippen MR) is 140 cm³/mol. The summed E-state index contributed by atoms with van der Waals surface area (Å²) in [5.74, 6) is -0.0220. The largest absolute Gasteiger partial charge is 0.357 e. The van der Waals surface area contributed by atoms with Gasteiger partial charge in [-0.3, -0.25) is 9.10 Å². The summed E-state index contributed by atoms with van der Waals surface area (Å²) in [4.78, 5) is 13.9. The zero-order chi connectivity index (χ0) is 25.0. The number of aryl methyl sites for hydroxylation is 2. The minimum absolute atomic E-state index is 0.0220. The summed E-state index contributed by atoms with van der Waals surface area (Å²) in [7, 11) is -4.02. The van der Waals surface area contributed by atoms with Gasteiger partial charge >= 0.3 is 0 Å². The van der Waals surface area contributed by atoms with Gasteiger partial charge in [0, 0.05) is 17.7 Å². The van der Waals surface area contributed by atoms with E-state index < -0.39 is 16.1 Å². The predicted octanol–water partition coefficient (Wildman–Crippen LogP) is 6.31. The standard InChI is InChI=1S/C29H30N2O3S/c1-19-9-13-21(14-10-19)28-27-24(17-29(3,4)18-26(27)32)30-23-7-5-6-8-25(23)31(28)35(33,34)22-15-11-20(2)12-16-22/h5-16,28,30H,17-18H2,1-4H3. The van der Waals surface area contributed by atoms with E-state index in [1.165, 1.54) is 4.31 Å². The number of para-hydroxylation sites is 2. The fraction of sp³-hybridized carbons (Fsp3) is 0.276. The highest BCUT2D eigenvalue weighted by Gasteiger charge is 2.45. The van der Waals surface area contributed by atoms with E-state index in [0.717, 1.165) is 22.4 Å². The van der Waals surface area contributed by atoms with Gasteiger partial charge in [-0.05, 0) is 55.5 Å². The molecule has 1 aliphatic carbocycles. The SMILES string of the molecule is Cc1ccc(C2C3=C(CC(C)(C)CC3=O)Nc3ccccc3N2S(=O)(=O)c2ccc(C)cc2)cc1. The number of carbonyl (C=O) groups is 1. The van der Waals surface area contributed by atoms with Gasteiger partial charge in [0.05, 0.1) is 16.3 Å². The summed E-state index contributed by atoms with van der Waals surface area (Å²) in [5, 5.41) is 3.47. The summed E-state index contributed by atoms with van der Waals surface area (Å²) < 4.78 is 30.1. The Bertz CT molecular complexity index is 1440. The molecule has 1 atom stereocenters. The fourth-order valence-electron chi connectivity index (χ4n) is 5.10. The number of anilines is 2. The third kappa shape index (κ3) is 4.16. The highest BCUT2D eigenvalue weighted by atomic mass is 32.2. The van der Waals surface area contributed by atoms with Crippen LogP contribution in [0.4, 0.5) is 11.4 Å². The number of carbonyl (C=O) groups excluding carboxylic acids is 1. The second-order valence-electron chi connectivity index (χ2n) is 10.4. The van der Waals surface area contributed by atoms with E-state index in [0.29, 0.717) is 29.8 Å². The van der Waals surface area contributed by atoms with Gasteiger partial charge < -0.3 is 5.32 Å². The number of sulfonamides is 1. The van der Waals surface area contributed by atoms with E-state index in [9.17, 15) is 13.2 Å². The second-order valence-corrected chi connectivity index (χ2v) is 12.2. The van der Waals surface area contributed by atoms with Crippen LogP contribution in [0.5, 0.6) is 0 Å². The monoisotopic (exact) mass is 486 g/mol. The highest BCUT2D eigenvalue weighted by Crippen LogP contribution is 2.50. The van der Waals surface area contributed by atoms with Crippen molar-refractivity contribution in [3.05, 3.63) is 101 Å². The average Bonchev–Trinajstić information content (AvgIpc) is 2.93. The van der Waals surface area contributed by atoms with E-state index >= 15 is 0 Å². The third-order valence-corrected chi connectivity index (χ3v) is 8.62. The smallest absolute Gasteiger partial charge is 0.265 e. The van der Waals surface area contributed by atoms with Crippen LogP contribution in [-0.4, -0.2) is 14.2 Å². The number of nitrogens with one attached hydrogen (secondary N) is 1. The molecule has 0 spiro atoms. The number of nitrogens with zero attached hydrogens (tertiary/aromatic N) is 1. The lowest BCUT2D eigenvalue weighted by Gasteiger charge is -2.37. The molecular formula is C29H30N2O3S. The van der Waals surface area contributed by atoms with E-state index in [-0.39, 0.29) is 16.1 Å². The van der Waals surface area contributed by atoms with Crippen molar-refractivity contribution < 1.29 is 13.2 Å². The lowest BCUT2D eigenvalue weighted by Crippen LogP contribution is -2.39. The van der Waals surface area contributed by atoms with Crippen molar-refractivity contribution in [3.63, 3.8) is 0 Å². The molecule has 5 rings (SSSR count). The van der Waals surface area contributed by atoms with Crippen molar-refractivity contribution in [2.24, 2.45) is 5.41 Å². The first kappa shape index (κ1) is 23.4. The van der Waals surface area contributed by atoms with Crippen LogP contribution >= 0.6 is 0 Å². The molecule has 3 aromatic carbocycles. The minimum atomic E-state index is -4.02. The molecule has 1 unspecified atom stereocenters. The first-order valence-electron chi connectivity index (χ1n) is 11.9. The van der Waals surface area contributed by atoms with Gasteiger partial charge in [-0.1, -0.05) is 73.5 Å². The Morgan fingerprint density at radius 3 is 2.11 bits per heavy atom. The molecule has 1 heterocycles. The van der Waals surface area contributed by atoms with Crippen LogP contribution in [0.2, 0.25) is 0 Å². The van der Waals surface area contributed by atoms with Crippen LogP contribution in [0.15, 0.2) is 89.0 Å². The van der Waals surface area contributed by atoms with Gasteiger partial charge in [-0.15, -0.1) is 0 Å². The number of Topliss-reactive ketones (excluding diaryl/α,β-unsaturated/α-hetero) is 1. The number of hydrogen-bond acceptors (Lipinski definition) is 4. The van der Waals surface area contributed by atoms with Crippen molar-refractivity contribution in [1.29, 1.82) is 0 Å². The molecule has 3 aromatic rings. The van der Waals surface area contributed by atoms with Crippen LogP contribution in [0.1, 0.15) is 49.4 Å². The highest BCUT2D eigenvalue weighted by molar-refractivity contribution is 7.92. The zero-order valence-corrected chi connectivity index (χ0v) is 21.3. The Labute approximate surface area is 207 Å². The molecule has 0 saturated carbocycles. The molecule has 1 N–H and O–H groups in total. The van der Waals surface area contributed by atoms with Crippen molar-refractivity contribution >= 4 is 27.2 Å². The van der Waals surface area contributed by atoms with Crippen molar-refractivity contribution in [1.82, 2.24) is 0 Å². The summed E-state index contributed by atoms with van der Waals surface area (Å²) in [5.41, 5.74) is 5.12. The number of fused-ring (bicyclic) bond motifs is 1. The van der Waals surface area contributed by atoms with Gasteiger partial charge in [0.2, 0.25) is 0 Å². The van der Waals surface area contributed by atoms with E-state index in [1.54, 1.807) is 24.3 Å². The molecule has 0 aromatic heterocycles.